The van der Waals surface area contributed by atoms with Crippen LogP contribution in [0.2, 0.25) is 0 Å². The Kier molecular flexibility index (Phi) is 4.53. The third-order valence-corrected chi connectivity index (χ3v) is 4.91. The van der Waals surface area contributed by atoms with Crippen LogP contribution < -0.4 is 5.32 Å². The largest absolute Gasteiger partial charge is 0.433 e. The molecule has 1 N–H and O–H groups in total. The molecular weight excluding hydrogens is 410 g/mol. The number of aromatic nitrogens is 4. The van der Waals surface area contributed by atoms with Gasteiger partial charge in [0, 0.05) is 5.69 Å². The predicted molar refractivity (Wildman–Crippen MR) is 98.2 cm³/mol. The van der Waals surface area contributed by atoms with Gasteiger partial charge in [-0.2, -0.15) is 22.7 Å². The highest BCUT2D eigenvalue weighted by atomic mass is 32.1. The van der Waals surface area contributed by atoms with E-state index in [0.717, 1.165) is 12.1 Å². The number of thiophene rings is 1. The molecule has 0 fully saturated rings. The Bertz CT molecular complexity index is 1220. The molecule has 1 amide bonds. The molecule has 0 saturated heterocycles. The second-order valence-corrected chi connectivity index (χ2v) is 7.01. The summed E-state index contributed by atoms with van der Waals surface area (Å²) in [5.74, 6) is -2.17. The molecule has 1 aromatic carbocycles. The van der Waals surface area contributed by atoms with Gasteiger partial charge in [-0.25, -0.2) is 9.37 Å². The normalized spacial score (nSPS) is 11.8. The van der Waals surface area contributed by atoms with E-state index in [1.165, 1.54) is 23.5 Å². The summed E-state index contributed by atoms with van der Waals surface area (Å²) in [7, 11) is 0. The molecule has 11 heteroatoms. The van der Waals surface area contributed by atoms with Gasteiger partial charge in [0.1, 0.15) is 5.82 Å². The SMILES string of the molecule is Cc1cc(F)ccc1NC(=O)c1nc2nc(-c3cccs3)cc(C(F)(F)F)n2n1. The van der Waals surface area contributed by atoms with Gasteiger partial charge >= 0.3 is 6.18 Å². The molecule has 0 radical (unpaired) electrons. The van der Waals surface area contributed by atoms with E-state index in [2.05, 4.69) is 20.4 Å². The summed E-state index contributed by atoms with van der Waals surface area (Å²) in [6.45, 7) is 1.58. The second kappa shape index (κ2) is 6.92. The van der Waals surface area contributed by atoms with Crippen molar-refractivity contribution < 1.29 is 22.4 Å². The topological polar surface area (TPSA) is 72.2 Å². The first-order valence-corrected chi connectivity index (χ1v) is 9.07. The average Bonchev–Trinajstić information content (AvgIpc) is 3.31. The van der Waals surface area contributed by atoms with Crippen molar-refractivity contribution in [3.63, 3.8) is 0 Å². The molecule has 6 nitrogen and oxygen atoms in total. The van der Waals surface area contributed by atoms with Gasteiger partial charge in [-0.15, -0.1) is 16.4 Å². The standard InChI is InChI=1S/C18H11F4N5OS/c1-9-7-10(19)4-5-11(9)23-16(28)15-25-17-24-12(13-3-2-6-29-13)8-14(18(20,21)22)27(17)26-15/h2-8H,1H3,(H,23,28). The number of alkyl halides is 3. The molecule has 0 atom stereocenters. The van der Waals surface area contributed by atoms with Crippen LogP contribution in [0.4, 0.5) is 23.2 Å². The first-order chi connectivity index (χ1) is 13.7. The molecular formula is C18H11F4N5OS. The van der Waals surface area contributed by atoms with Gasteiger partial charge in [-0.1, -0.05) is 6.07 Å². The van der Waals surface area contributed by atoms with Gasteiger partial charge in [0.15, 0.2) is 5.69 Å². The maximum absolute atomic E-state index is 13.5. The summed E-state index contributed by atoms with van der Waals surface area (Å²) in [6, 6.07) is 7.88. The number of fused-ring (bicyclic) bond motifs is 1. The molecule has 29 heavy (non-hydrogen) atoms. The number of benzene rings is 1. The van der Waals surface area contributed by atoms with E-state index in [1.54, 1.807) is 24.4 Å². The van der Waals surface area contributed by atoms with Crippen molar-refractivity contribution in [2.75, 3.05) is 5.32 Å². The number of amides is 1. The second-order valence-electron chi connectivity index (χ2n) is 6.06. The fourth-order valence-corrected chi connectivity index (χ4v) is 3.35. The van der Waals surface area contributed by atoms with E-state index < -0.39 is 29.4 Å². The summed E-state index contributed by atoms with van der Waals surface area (Å²) in [6.07, 6.45) is -4.73. The highest BCUT2D eigenvalue weighted by Gasteiger charge is 2.36. The lowest BCUT2D eigenvalue weighted by atomic mass is 10.2. The van der Waals surface area contributed by atoms with Crippen LogP contribution in [-0.2, 0) is 6.18 Å². The van der Waals surface area contributed by atoms with Crippen LogP contribution in [0.5, 0.6) is 0 Å². The predicted octanol–water partition coefficient (Wildman–Crippen LogP) is 4.57. The number of nitrogens with one attached hydrogen (secondary N) is 1. The fraction of sp³-hybridized carbons (Fsp3) is 0.111. The molecule has 0 aliphatic heterocycles. The van der Waals surface area contributed by atoms with Crippen molar-refractivity contribution in [2.24, 2.45) is 0 Å². The number of nitrogens with zero attached hydrogens (tertiary/aromatic N) is 4. The zero-order valence-corrected chi connectivity index (χ0v) is 15.5. The Morgan fingerprint density at radius 3 is 2.62 bits per heavy atom. The first-order valence-electron chi connectivity index (χ1n) is 8.19. The smallest absolute Gasteiger partial charge is 0.319 e. The molecule has 0 unspecified atom stereocenters. The van der Waals surface area contributed by atoms with Crippen LogP contribution in [0.15, 0.2) is 41.8 Å². The monoisotopic (exact) mass is 421 g/mol. The number of carbonyl (C=O) groups excluding carboxylic acids is 1. The molecule has 3 aromatic heterocycles. The molecule has 0 saturated carbocycles. The summed E-state index contributed by atoms with van der Waals surface area (Å²) < 4.78 is 54.3. The van der Waals surface area contributed by atoms with Gasteiger partial charge in [0.05, 0.1) is 10.6 Å². The van der Waals surface area contributed by atoms with Gasteiger partial charge in [0.2, 0.25) is 5.82 Å². The highest BCUT2D eigenvalue weighted by molar-refractivity contribution is 7.13. The van der Waals surface area contributed by atoms with Crippen molar-refractivity contribution in [1.82, 2.24) is 19.6 Å². The molecule has 0 bridgehead atoms. The lowest BCUT2D eigenvalue weighted by molar-refractivity contribution is -0.142. The number of halogens is 4. The summed E-state index contributed by atoms with van der Waals surface area (Å²) in [4.78, 5) is 20.9. The van der Waals surface area contributed by atoms with E-state index in [0.29, 0.717) is 20.6 Å². The third kappa shape index (κ3) is 3.68. The van der Waals surface area contributed by atoms with E-state index in [-0.39, 0.29) is 11.5 Å². The van der Waals surface area contributed by atoms with Crippen molar-refractivity contribution in [2.45, 2.75) is 13.1 Å². The van der Waals surface area contributed by atoms with Gasteiger partial charge in [0.25, 0.3) is 11.7 Å². The molecule has 0 spiro atoms. The molecule has 0 aliphatic carbocycles. The molecule has 0 aliphatic rings. The minimum Gasteiger partial charge on any atom is -0.319 e. The van der Waals surface area contributed by atoms with Gasteiger partial charge < -0.3 is 5.32 Å². The highest BCUT2D eigenvalue weighted by Crippen LogP contribution is 2.33. The zero-order valence-electron chi connectivity index (χ0n) is 14.7. The van der Waals surface area contributed by atoms with Crippen LogP contribution in [0.1, 0.15) is 21.9 Å². The van der Waals surface area contributed by atoms with E-state index in [4.69, 9.17) is 0 Å². The lowest BCUT2D eigenvalue weighted by Gasteiger charge is -2.09. The van der Waals surface area contributed by atoms with E-state index >= 15 is 0 Å². The number of rotatable bonds is 3. The lowest BCUT2D eigenvalue weighted by Crippen LogP contribution is -2.16. The zero-order chi connectivity index (χ0) is 20.8. The number of hydrogen-bond acceptors (Lipinski definition) is 5. The Morgan fingerprint density at radius 2 is 1.97 bits per heavy atom. The molecule has 3 heterocycles. The number of carbonyl (C=O) groups is 1. The summed E-state index contributed by atoms with van der Waals surface area (Å²) in [5, 5.41) is 7.86. The maximum Gasteiger partial charge on any atom is 0.433 e. The molecule has 4 rings (SSSR count). The molecule has 4 aromatic rings. The summed E-state index contributed by atoms with van der Waals surface area (Å²) in [5.41, 5.74) is -0.293. The molecule has 148 valence electrons. The Hall–Kier alpha value is -3.34. The Labute approximate surface area is 164 Å². The van der Waals surface area contributed by atoms with Crippen molar-refractivity contribution in [3.8, 4) is 10.6 Å². The number of anilines is 1. The van der Waals surface area contributed by atoms with Crippen LogP contribution in [0.25, 0.3) is 16.3 Å². The van der Waals surface area contributed by atoms with E-state index in [1.807, 2.05) is 0 Å². The minimum absolute atomic E-state index is 0.0774. The van der Waals surface area contributed by atoms with Crippen LogP contribution in [-0.4, -0.2) is 25.5 Å². The fourth-order valence-electron chi connectivity index (χ4n) is 2.66. The Balaban J connectivity index is 1.77. The quantitative estimate of drug-likeness (QED) is 0.492. The number of aryl methyl sites for hydroxylation is 1. The van der Waals surface area contributed by atoms with Gasteiger partial charge in [-0.05, 0) is 48.2 Å². The van der Waals surface area contributed by atoms with Crippen molar-refractivity contribution >= 4 is 28.7 Å². The average molecular weight is 421 g/mol. The Morgan fingerprint density at radius 1 is 1.17 bits per heavy atom. The number of hydrogen-bond donors (Lipinski definition) is 1. The summed E-state index contributed by atoms with van der Waals surface area (Å²) >= 11 is 1.22. The first kappa shape index (κ1) is 19.0. The van der Waals surface area contributed by atoms with Gasteiger partial charge in [-0.3, -0.25) is 4.79 Å². The van der Waals surface area contributed by atoms with Crippen molar-refractivity contribution in [3.05, 3.63) is 64.7 Å². The van der Waals surface area contributed by atoms with Crippen LogP contribution >= 0.6 is 11.3 Å². The minimum atomic E-state index is -4.73. The third-order valence-electron chi connectivity index (χ3n) is 4.02. The van der Waals surface area contributed by atoms with E-state index in [9.17, 15) is 22.4 Å². The van der Waals surface area contributed by atoms with Crippen LogP contribution in [0, 0.1) is 12.7 Å². The van der Waals surface area contributed by atoms with Crippen LogP contribution in [0.3, 0.4) is 0 Å². The maximum atomic E-state index is 13.5. The van der Waals surface area contributed by atoms with Crippen molar-refractivity contribution in [1.29, 1.82) is 0 Å².